The van der Waals surface area contributed by atoms with E-state index in [1.54, 1.807) is 14.0 Å². The molecule has 2 rings (SSSR count). The third kappa shape index (κ3) is 2.34. The topological polar surface area (TPSA) is 58.7 Å². The number of benzene rings is 1. The van der Waals surface area contributed by atoms with Crippen LogP contribution in [0.3, 0.4) is 0 Å². The van der Waals surface area contributed by atoms with Crippen LogP contribution in [0.5, 0.6) is 5.75 Å². The van der Waals surface area contributed by atoms with Crippen molar-refractivity contribution in [1.29, 1.82) is 0 Å². The zero-order chi connectivity index (χ0) is 13.3. The first-order valence-electron chi connectivity index (χ1n) is 6.06. The van der Waals surface area contributed by atoms with Gasteiger partial charge in [0.1, 0.15) is 5.75 Å². The summed E-state index contributed by atoms with van der Waals surface area (Å²) < 4.78 is 5.37. The lowest BCUT2D eigenvalue weighted by Gasteiger charge is -2.25. The summed E-state index contributed by atoms with van der Waals surface area (Å²) in [6.45, 7) is 3.55. The first-order valence-corrected chi connectivity index (χ1v) is 6.43. The number of aliphatic hydroxyl groups is 1. The van der Waals surface area contributed by atoms with E-state index >= 15 is 0 Å². The van der Waals surface area contributed by atoms with E-state index in [2.05, 4.69) is 4.90 Å². The van der Waals surface area contributed by atoms with Gasteiger partial charge in [-0.15, -0.1) is 0 Å². The SMILES string of the molecule is COc1ccc(Cl)c2c1CN(CC(C)O)C2CN. The minimum absolute atomic E-state index is 0.0530. The summed E-state index contributed by atoms with van der Waals surface area (Å²) in [5.41, 5.74) is 7.98. The molecule has 4 nitrogen and oxygen atoms in total. The molecule has 1 aliphatic rings. The summed E-state index contributed by atoms with van der Waals surface area (Å²) in [6.07, 6.45) is -0.391. The van der Waals surface area contributed by atoms with Gasteiger partial charge in [-0.3, -0.25) is 4.90 Å². The zero-order valence-electron chi connectivity index (χ0n) is 10.7. The molecule has 5 heteroatoms. The highest BCUT2D eigenvalue weighted by Crippen LogP contribution is 2.42. The smallest absolute Gasteiger partial charge is 0.123 e. The first kappa shape index (κ1) is 13.6. The van der Waals surface area contributed by atoms with Gasteiger partial charge in [0.15, 0.2) is 0 Å². The monoisotopic (exact) mass is 270 g/mol. The Hall–Kier alpha value is -0.810. The van der Waals surface area contributed by atoms with Gasteiger partial charge in [0, 0.05) is 36.3 Å². The molecule has 0 saturated heterocycles. The van der Waals surface area contributed by atoms with Crippen LogP contribution < -0.4 is 10.5 Å². The van der Waals surface area contributed by atoms with Gasteiger partial charge in [0.05, 0.1) is 13.2 Å². The molecule has 18 heavy (non-hydrogen) atoms. The predicted octanol–water partition coefficient (Wildman–Crippen LogP) is 1.54. The third-order valence-electron chi connectivity index (χ3n) is 3.34. The van der Waals surface area contributed by atoms with Crippen LogP contribution in [0, 0.1) is 0 Å². The van der Waals surface area contributed by atoms with Gasteiger partial charge in [-0.25, -0.2) is 0 Å². The molecule has 1 aromatic carbocycles. The average Bonchev–Trinajstić information content (AvgIpc) is 2.67. The van der Waals surface area contributed by atoms with Crippen LogP contribution in [-0.4, -0.2) is 36.3 Å². The van der Waals surface area contributed by atoms with Crippen molar-refractivity contribution >= 4 is 11.6 Å². The predicted molar refractivity (Wildman–Crippen MR) is 71.9 cm³/mol. The van der Waals surface area contributed by atoms with Crippen LogP contribution in [0.4, 0.5) is 0 Å². The fourth-order valence-corrected chi connectivity index (χ4v) is 2.93. The van der Waals surface area contributed by atoms with E-state index in [9.17, 15) is 5.11 Å². The molecule has 0 radical (unpaired) electrons. The number of fused-ring (bicyclic) bond motifs is 1. The molecule has 0 aromatic heterocycles. The van der Waals surface area contributed by atoms with Crippen LogP contribution in [0.15, 0.2) is 12.1 Å². The normalized spacial score (nSPS) is 20.8. The minimum Gasteiger partial charge on any atom is -0.496 e. The average molecular weight is 271 g/mol. The molecule has 1 heterocycles. The van der Waals surface area contributed by atoms with Crippen molar-refractivity contribution in [1.82, 2.24) is 4.90 Å². The summed E-state index contributed by atoms with van der Waals surface area (Å²) in [7, 11) is 1.65. The molecule has 0 aliphatic carbocycles. The van der Waals surface area contributed by atoms with Gasteiger partial charge >= 0.3 is 0 Å². The van der Waals surface area contributed by atoms with Crippen LogP contribution in [-0.2, 0) is 6.54 Å². The van der Waals surface area contributed by atoms with E-state index in [4.69, 9.17) is 22.1 Å². The van der Waals surface area contributed by atoms with E-state index in [1.807, 2.05) is 12.1 Å². The van der Waals surface area contributed by atoms with Crippen molar-refractivity contribution in [2.75, 3.05) is 20.2 Å². The molecule has 0 bridgehead atoms. The van der Waals surface area contributed by atoms with Crippen LogP contribution in [0.2, 0.25) is 5.02 Å². The molecule has 2 unspecified atom stereocenters. The second-order valence-electron chi connectivity index (χ2n) is 4.67. The van der Waals surface area contributed by atoms with Crippen LogP contribution in [0.25, 0.3) is 0 Å². The Balaban J connectivity index is 2.40. The Morgan fingerprint density at radius 3 is 2.89 bits per heavy atom. The Labute approximate surface area is 112 Å². The highest BCUT2D eigenvalue weighted by Gasteiger charge is 2.33. The van der Waals surface area contributed by atoms with Gasteiger partial charge in [-0.1, -0.05) is 11.6 Å². The van der Waals surface area contributed by atoms with Crippen molar-refractivity contribution in [2.24, 2.45) is 5.73 Å². The number of halogens is 1. The third-order valence-corrected chi connectivity index (χ3v) is 3.67. The van der Waals surface area contributed by atoms with Crippen molar-refractivity contribution in [3.63, 3.8) is 0 Å². The van der Waals surface area contributed by atoms with Crippen LogP contribution in [0.1, 0.15) is 24.1 Å². The highest BCUT2D eigenvalue weighted by molar-refractivity contribution is 6.31. The maximum atomic E-state index is 9.55. The standard InChI is InChI=1S/C13H19ClN2O2/c1-8(17)6-16-7-9-12(18-2)4-3-10(14)13(9)11(16)5-15/h3-4,8,11,17H,5-7,15H2,1-2H3. The van der Waals surface area contributed by atoms with E-state index < -0.39 is 6.10 Å². The van der Waals surface area contributed by atoms with Gasteiger partial charge in [0.25, 0.3) is 0 Å². The van der Waals surface area contributed by atoms with Gasteiger partial charge in [0.2, 0.25) is 0 Å². The maximum Gasteiger partial charge on any atom is 0.123 e. The molecular weight excluding hydrogens is 252 g/mol. The summed E-state index contributed by atoms with van der Waals surface area (Å²) in [5.74, 6) is 0.834. The molecule has 0 saturated carbocycles. The molecule has 1 aliphatic heterocycles. The van der Waals surface area contributed by atoms with E-state index in [1.165, 1.54) is 0 Å². The lowest BCUT2D eigenvalue weighted by Crippen LogP contribution is -2.33. The van der Waals surface area contributed by atoms with E-state index in [0.717, 1.165) is 16.9 Å². The summed E-state index contributed by atoms with van der Waals surface area (Å²) in [5, 5.41) is 10.3. The van der Waals surface area contributed by atoms with E-state index in [0.29, 0.717) is 24.7 Å². The maximum absolute atomic E-state index is 9.55. The fourth-order valence-electron chi connectivity index (χ4n) is 2.62. The largest absolute Gasteiger partial charge is 0.496 e. The Kier molecular flexibility index (Phi) is 4.12. The number of methoxy groups -OCH3 is 1. The van der Waals surface area contributed by atoms with Crippen molar-refractivity contribution in [3.8, 4) is 5.75 Å². The Morgan fingerprint density at radius 2 is 2.33 bits per heavy atom. The lowest BCUT2D eigenvalue weighted by molar-refractivity contribution is 0.105. The van der Waals surface area contributed by atoms with Crippen molar-refractivity contribution in [2.45, 2.75) is 25.6 Å². The fraction of sp³-hybridized carbons (Fsp3) is 0.538. The Bertz CT molecular complexity index is 437. The van der Waals surface area contributed by atoms with Crippen LogP contribution >= 0.6 is 11.6 Å². The number of β-amino-alcohol motifs (C(OH)–C–C–N with tert-alkyl or cyclic N) is 1. The molecule has 0 amide bonds. The van der Waals surface area contributed by atoms with Gasteiger partial charge < -0.3 is 15.6 Å². The number of aliphatic hydroxyl groups excluding tert-OH is 1. The molecule has 100 valence electrons. The number of nitrogens with two attached hydrogens (primary N) is 1. The lowest BCUT2D eigenvalue weighted by atomic mass is 10.0. The Morgan fingerprint density at radius 1 is 1.61 bits per heavy atom. The zero-order valence-corrected chi connectivity index (χ0v) is 11.4. The first-order chi connectivity index (χ1) is 8.58. The van der Waals surface area contributed by atoms with Crippen molar-refractivity contribution < 1.29 is 9.84 Å². The minimum atomic E-state index is -0.391. The molecule has 1 aromatic rings. The molecule has 3 N–H and O–H groups in total. The summed E-state index contributed by atoms with van der Waals surface area (Å²) >= 11 is 6.27. The van der Waals surface area contributed by atoms with E-state index in [-0.39, 0.29) is 6.04 Å². The number of ether oxygens (including phenoxy) is 1. The second kappa shape index (κ2) is 5.45. The van der Waals surface area contributed by atoms with Gasteiger partial charge in [-0.2, -0.15) is 0 Å². The summed E-state index contributed by atoms with van der Waals surface area (Å²) in [4.78, 5) is 2.14. The molecule has 0 fully saturated rings. The van der Waals surface area contributed by atoms with Gasteiger partial charge in [-0.05, 0) is 24.6 Å². The number of nitrogens with zero attached hydrogens (tertiary/aromatic N) is 1. The van der Waals surface area contributed by atoms with Crippen molar-refractivity contribution in [3.05, 3.63) is 28.3 Å². The molecule has 0 spiro atoms. The number of hydrogen-bond acceptors (Lipinski definition) is 4. The quantitative estimate of drug-likeness (QED) is 0.872. The second-order valence-corrected chi connectivity index (χ2v) is 5.08. The number of hydrogen-bond donors (Lipinski definition) is 2. The molecular formula is C13H19ClN2O2. The molecule has 2 atom stereocenters. The highest BCUT2D eigenvalue weighted by atomic mass is 35.5. The number of rotatable bonds is 4. The summed E-state index contributed by atoms with van der Waals surface area (Å²) in [6, 6.07) is 3.77.